The summed E-state index contributed by atoms with van der Waals surface area (Å²) in [5.74, 6) is 0.257. The highest BCUT2D eigenvalue weighted by Gasteiger charge is 2.10. The first-order chi connectivity index (χ1) is 11.5. The number of rotatable bonds is 5. The molecule has 2 aromatic carbocycles. The monoisotopic (exact) mass is 448 g/mol. The molecule has 122 valence electrons. The van der Waals surface area contributed by atoms with E-state index >= 15 is 0 Å². The molecular weight excluding hydrogens is 436 g/mol. The largest absolute Gasteiger partial charge is 0.493 e. The first-order valence-electron chi connectivity index (χ1n) is 7.14. The maximum atomic E-state index is 12.3. The molecule has 0 saturated heterocycles. The SMILES string of the molecule is CCOc1ccc(/C=C(/C#N)C(=O)Nc2cccc(Br)c2)cc1Br. The van der Waals surface area contributed by atoms with E-state index in [2.05, 4.69) is 37.2 Å². The van der Waals surface area contributed by atoms with E-state index in [1.807, 2.05) is 19.1 Å². The summed E-state index contributed by atoms with van der Waals surface area (Å²) in [6.45, 7) is 2.46. The zero-order chi connectivity index (χ0) is 17.5. The highest BCUT2D eigenvalue weighted by molar-refractivity contribution is 9.10. The Kier molecular flexibility index (Phi) is 6.59. The number of hydrogen-bond acceptors (Lipinski definition) is 3. The fourth-order valence-electron chi connectivity index (χ4n) is 1.96. The summed E-state index contributed by atoms with van der Waals surface area (Å²) in [5, 5.41) is 12.0. The second-order valence-electron chi connectivity index (χ2n) is 4.76. The van der Waals surface area contributed by atoms with E-state index in [-0.39, 0.29) is 5.57 Å². The maximum absolute atomic E-state index is 12.3. The van der Waals surface area contributed by atoms with E-state index in [4.69, 9.17) is 4.74 Å². The molecule has 0 unspecified atom stereocenters. The molecule has 0 bridgehead atoms. The average molecular weight is 450 g/mol. The van der Waals surface area contributed by atoms with Crippen molar-refractivity contribution < 1.29 is 9.53 Å². The van der Waals surface area contributed by atoms with E-state index in [9.17, 15) is 10.1 Å². The molecule has 4 nitrogen and oxygen atoms in total. The van der Waals surface area contributed by atoms with Crippen molar-refractivity contribution in [2.45, 2.75) is 6.92 Å². The van der Waals surface area contributed by atoms with Crippen LogP contribution in [-0.2, 0) is 4.79 Å². The zero-order valence-electron chi connectivity index (χ0n) is 12.8. The number of ether oxygens (including phenoxy) is 1. The van der Waals surface area contributed by atoms with Crippen LogP contribution in [0.5, 0.6) is 5.75 Å². The number of benzene rings is 2. The summed E-state index contributed by atoms with van der Waals surface area (Å²) in [6.07, 6.45) is 1.54. The molecule has 1 N–H and O–H groups in total. The summed E-state index contributed by atoms with van der Waals surface area (Å²) in [6, 6.07) is 14.5. The molecule has 2 rings (SSSR count). The van der Waals surface area contributed by atoms with E-state index in [0.29, 0.717) is 18.0 Å². The van der Waals surface area contributed by atoms with Gasteiger partial charge in [-0.05, 0) is 64.8 Å². The van der Waals surface area contributed by atoms with Gasteiger partial charge < -0.3 is 10.1 Å². The summed E-state index contributed by atoms with van der Waals surface area (Å²) in [4.78, 5) is 12.3. The van der Waals surface area contributed by atoms with Crippen LogP contribution < -0.4 is 10.1 Å². The minimum atomic E-state index is -0.458. The number of halogens is 2. The lowest BCUT2D eigenvalue weighted by atomic mass is 10.1. The van der Waals surface area contributed by atoms with Gasteiger partial charge in [0.05, 0.1) is 11.1 Å². The van der Waals surface area contributed by atoms with Crippen molar-refractivity contribution in [3.63, 3.8) is 0 Å². The zero-order valence-corrected chi connectivity index (χ0v) is 16.0. The van der Waals surface area contributed by atoms with Crippen LogP contribution in [0, 0.1) is 11.3 Å². The van der Waals surface area contributed by atoms with Crippen molar-refractivity contribution in [3.05, 3.63) is 62.5 Å². The number of amides is 1. The Labute approximate surface area is 157 Å². The van der Waals surface area contributed by atoms with Crippen LogP contribution in [0.25, 0.3) is 6.08 Å². The molecule has 0 radical (unpaired) electrons. The van der Waals surface area contributed by atoms with E-state index in [1.165, 1.54) is 6.08 Å². The van der Waals surface area contributed by atoms with Crippen molar-refractivity contribution in [1.82, 2.24) is 0 Å². The number of anilines is 1. The Balaban J connectivity index is 2.21. The summed E-state index contributed by atoms with van der Waals surface area (Å²) in [7, 11) is 0. The van der Waals surface area contributed by atoms with Crippen molar-refractivity contribution in [2.24, 2.45) is 0 Å². The molecule has 2 aromatic rings. The number of nitriles is 1. The molecule has 24 heavy (non-hydrogen) atoms. The smallest absolute Gasteiger partial charge is 0.266 e. The van der Waals surface area contributed by atoms with Gasteiger partial charge in [-0.25, -0.2) is 0 Å². The van der Waals surface area contributed by atoms with Crippen LogP contribution >= 0.6 is 31.9 Å². The van der Waals surface area contributed by atoms with Crippen LogP contribution in [0.4, 0.5) is 5.69 Å². The molecular formula is C18H14Br2N2O2. The molecule has 0 atom stereocenters. The summed E-state index contributed by atoms with van der Waals surface area (Å²) < 4.78 is 7.06. The predicted molar refractivity (Wildman–Crippen MR) is 102 cm³/mol. The standard InChI is InChI=1S/C18H14Br2N2O2/c1-2-24-17-7-6-12(9-16(17)20)8-13(11-21)18(23)22-15-5-3-4-14(19)10-15/h3-10H,2H2,1H3,(H,22,23)/b13-8-. The molecule has 0 aliphatic heterocycles. The van der Waals surface area contributed by atoms with E-state index in [0.717, 1.165) is 14.5 Å². The van der Waals surface area contributed by atoms with E-state index < -0.39 is 5.91 Å². The highest BCUT2D eigenvalue weighted by Crippen LogP contribution is 2.27. The van der Waals surface area contributed by atoms with Gasteiger partial charge in [0.15, 0.2) is 0 Å². The topological polar surface area (TPSA) is 62.1 Å². The number of hydrogen-bond donors (Lipinski definition) is 1. The van der Waals surface area contributed by atoms with Gasteiger partial charge in [-0.1, -0.05) is 28.1 Å². The number of carbonyl (C=O) groups is 1. The third-order valence-corrected chi connectivity index (χ3v) is 4.13. The fraction of sp³-hybridized carbons (Fsp3) is 0.111. The summed E-state index contributed by atoms with van der Waals surface area (Å²) in [5.41, 5.74) is 1.36. The van der Waals surface area contributed by atoms with E-state index in [1.54, 1.807) is 36.4 Å². The Morgan fingerprint density at radius 3 is 2.71 bits per heavy atom. The minimum Gasteiger partial charge on any atom is -0.493 e. The Bertz CT molecular complexity index is 826. The summed E-state index contributed by atoms with van der Waals surface area (Å²) >= 11 is 6.76. The predicted octanol–water partition coefficient (Wildman–Crippen LogP) is 5.16. The first kappa shape index (κ1) is 18.2. The fourth-order valence-corrected chi connectivity index (χ4v) is 2.87. The molecule has 1 amide bonds. The molecule has 0 aromatic heterocycles. The van der Waals surface area contributed by atoms with Crippen LogP contribution in [0.2, 0.25) is 0 Å². The van der Waals surface area contributed by atoms with Gasteiger partial charge in [-0.2, -0.15) is 5.26 Å². The van der Waals surface area contributed by atoms with Crippen LogP contribution in [0.3, 0.4) is 0 Å². The maximum Gasteiger partial charge on any atom is 0.266 e. The lowest BCUT2D eigenvalue weighted by Gasteiger charge is -2.07. The lowest BCUT2D eigenvalue weighted by molar-refractivity contribution is -0.112. The normalized spacial score (nSPS) is 10.8. The molecule has 0 saturated carbocycles. The van der Waals surface area contributed by atoms with Crippen molar-refractivity contribution in [2.75, 3.05) is 11.9 Å². The van der Waals surface area contributed by atoms with Crippen molar-refractivity contribution in [1.29, 1.82) is 5.26 Å². The van der Waals surface area contributed by atoms with Gasteiger partial charge in [0.25, 0.3) is 5.91 Å². The van der Waals surface area contributed by atoms with Crippen molar-refractivity contribution >= 4 is 49.5 Å². The molecule has 6 heteroatoms. The highest BCUT2D eigenvalue weighted by atomic mass is 79.9. The average Bonchev–Trinajstić information content (AvgIpc) is 2.55. The molecule has 0 aliphatic rings. The minimum absolute atomic E-state index is 0.0195. The lowest BCUT2D eigenvalue weighted by Crippen LogP contribution is -2.13. The van der Waals surface area contributed by atoms with Crippen LogP contribution in [0.1, 0.15) is 12.5 Å². The number of carbonyl (C=O) groups excluding carboxylic acids is 1. The Morgan fingerprint density at radius 2 is 2.08 bits per heavy atom. The van der Waals surface area contributed by atoms with Crippen LogP contribution in [0.15, 0.2) is 57.0 Å². The third-order valence-electron chi connectivity index (χ3n) is 3.01. The number of nitrogens with zero attached hydrogens (tertiary/aromatic N) is 1. The Hall–Kier alpha value is -2.10. The van der Waals surface area contributed by atoms with Crippen LogP contribution in [-0.4, -0.2) is 12.5 Å². The van der Waals surface area contributed by atoms with Gasteiger partial charge in [0.2, 0.25) is 0 Å². The third kappa shape index (κ3) is 4.95. The van der Waals surface area contributed by atoms with Gasteiger partial charge >= 0.3 is 0 Å². The van der Waals surface area contributed by atoms with Gasteiger partial charge in [-0.15, -0.1) is 0 Å². The van der Waals surface area contributed by atoms with Gasteiger partial charge in [0.1, 0.15) is 17.4 Å². The van der Waals surface area contributed by atoms with Gasteiger partial charge in [0, 0.05) is 10.2 Å². The molecule has 0 fully saturated rings. The Morgan fingerprint density at radius 1 is 1.29 bits per heavy atom. The quantitative estimate of drug-likeness (QED) is 0.506. The molecule has 0 heterocycles. The van der Waals surface area contributed by atoms with Gasteiger partial charge in [-0.3, -0.25) is 4.79 Å². The number of nitrogens with one attached hydrogen (secondary N) is 1. The first-order valence-corrected chi connectivity index (χ1v) is 8.73. The van der Waals surface area contributed by atoms with Crippen molar-refractivity contribution in [3.8, 4) is 11.8 Å². The molecule has 0 aliphatic carbocycles. The second-order valence-corrected chi connectivity index (χ2v) is 6.53. The second kappa shape index (κ2) is 8.67. The molecule has 0 spiro atoms.